The van der Waals surface area contributed by atoms with Crippen molar-refractivity contribution in [3.05, 3.63) is 72.9 Å². The highest BCUT2D eigenvalue weighted by Gasteiger charge is 2.19. The third-order valence-electron chi connectivity index (χ3n) is 8.43. The molecule has 0 saturated heterocycles. The third-order valence-corrected chi connectivity index (χ3v) is 8.43. The zero-order chi connectivity index (χ0) is 38.0. The lowest BCUT2D eigenvalue weighted by Gasteiger charge is -2.18. The van der Waals surface area contributed by atoms with E-state index in [0.29, 0.717) is 19.3 Å². The largest absolute Gasteiger partial charge is 0.462 e. The van der Waals surface area contributed by atoms with Crippen LogP contribution in [0, 0.1) is 0 Å². The second kappa shape index (κ2) is 40.6. The lowest BCUT2D eigenvalue weighted by molar-refractivity contribution is -0.167. The number of esters is 3. The molecule has 1 unspecified atom stereocenters. The molecule has 52 heavy (non-hydrogen) atoms. The lowest BCUT2D eigenvalue weighted by atomic mass is 10.1. The van der Waals surface area contributed by atoms with Crippen molar-refractivity contribution < 1.29 is 28.6 Å². The Labute approximate surface area is 319 Å². The predicted octanol–water partition coefficient (Wildman–Crippen LogP) is 13.1. The fourth-order valence-corrected chi connectivity index (χ4v) is 5.32. The molecule has 0 aliphatic carbocycles. The van der Waals surface area contributed by atoms with Crippen LogP contribution in [-0.2, 0) is 28.6 Å². The van der Waals surface area contributed by atoms with Gasteiger partial charge in [-0.3, -0.25) is 14.4 Å². The topological polar surface area (TPSA) is 78.9 Å². The Morgan fingerprint density at radius 2 is 0.769 bits per heavy atom. The highest BCUT2D eigenvalue weighted by atomic mass is 16.6. The predicted molar refractivity (Wildman–Crippen MR) is 219 cm³/mol. The molecular weight excluding hydrogens is 648 g/mol. The molecule has 0 rings (SSSR count). The van der Waals surface area contributed by atoms with Gasteiger partial charge in [0, 0.05) is 19.3 Å². The van der Waals surface area contributed by atoms with Crippen LogP contribution >= 0.6 is 0 Å². The summed E-state index contributed by atoms with van der Waals surface area (Å²) in [5.41, 5.74) is 0. The van der Waals surface area contributed by atoms with Crippen LogP contribution in [0.1, 0.15) is 181 Å². The molecular formula is C46H76O6. The van der Waals surface area contributed by atoms with Crippen LogP contribution in [0.2, 0.25) is 0 Å². The number of hydrogen-bond donors (Lipinski definition) is 0. The van der Waals surface area contributed by atoms with E-state index in [2.05, 4.69) is 93.7 Å². The Morgan fingerprint density at radius 3 is 1.29 bits per heavy atom. The molecule has 0 aromatic rings. The Kier molecular flexibility index (Phi) is 38.2. The highest BCUT2D eigenvalue weighted by molar-refractivity contribution is 5.71. The number of carbonyl (C=O) groups excluding carboxylic acids is 3. The van der Waals surface area contributed by atoms with E-state index in [1.54, 1.807) is 0 Å². The Morgan fingerprint density at radius 1 is 0.404 bits per heavy atom. The third kappa shape index (κ3) is 38.1. The Hall–Kier alpha value is -3.15. The first-order valence-electron chi connectivity index (χ1n) is 20.9. The Bertz CT molecular complexity index is 1020. The van der Waals surface area contributed by atoms with Crippen molar-refractivity contribution in [3.8, 4) is 0 Å². The van der Waals surface area contributed by atoms with E-state index in [-0.39, 0.29) is 37.5 Å². The molecule has 0 spiro atoms. The molecule has 296 valence electrons. The standard InChI is InChI=1S/C46H76O6/c1-4-7-10-13-16-19-21-22-23-25-27-30-33-36-39-45(48)51-42-43(41-50-44(47)38-35-32-29-26-18-15-12-9-6-3)52-46(49)40-37-34-31-28-24-20-17-14-11-8-5-2/h8-9,11-12,17-18,20,23,25-26,28,31,43H,4-7,10,13-16,19,21-22,24,27,29-30,32-42H2,1-3H3/b11-8-,12-9-,20-17-,25-23-,26-18-,31-28-. The van der Waals surface area contributed by atoms with Crippen molar-refractivity contribution >= 4 is 17.9 Å². The number of unbranched alkanes of at least 4 members (excludes halogenated alkanes) is 13. The van der Waals surface area contributed by atoms with Gasteiger partial charge in [0.15, 0.2) is 6.10 Å². The molecule has 6 nitrogen and oxygen atoms in total. The molecule has 0 amide bonds. The number of hydrogen-bond acceptors (Lipinski definition) is 6. The van der Waals surface area contributed by atoms with Gasteiger partial charge in [0.2, 0.25) is 0 Å². The summed E-state index contributed by atoms with van der Waals surface area (Å²) in [6.45, 7) is 6.26. The van der Waals surface area contributed by atoms with E-state index in [1.807, 2.05) is 0 Å². The first-order valence-corrected chi connectivity index (χ1v) is 20.9. The molecule has 0 aromatic carbocycles. The van der Waals surface area contributed by atoms with Crippen LogP contribution in [0.5, 0.6) is 0 Å². The Balaban J connectivity index is 4.49. The van der Waals surface area contributed by atoms with Crippen molar-refractivity contribution in [1.29, 1.82) is 0 Å². The summed E-state index contributed by atoms with van der Waals surface area (Å²) in [6.07, 6.45) is 49.1. The molecule has 0 aliphatic rings. The van der Waals surface area contributed by atoms with Gasteiger partial charge >= 0.3 is 17.9 Å². The molecule has 6 heteroatoms. The van der Waals surface area contributed by atoms with E-state index in [1.165, 1.54) is 44.9 Å². The normalized spacial score (nSPS) is 12.8. The number of rotatable bonds is 36. The highest BCUT2D eigenvalue weighted by Crippen LogP contribution is 2.11. The maximum absolute atomic E-state index is 12.6. The summed E-state index contributed by atoms with van der Waals surface area (Å²) < 4.78 is 16.5. The second-order valence-corrected chi connectivity index (χ2v) is 13.5. The SMILES string of the molecule is CC/C=C\C/C=C\C/C=C\CCCC(=O)OC(COC(=O)CCCC/C=C\C/C=C\CC)COC(=O)CCCCC/C=C\CCCCCCCCC. The summed E-state index contributed by atoms with van der Waals surface area (Å²) in [4.78, 5) is 37.5. The molecule has 0 radical (unpaired) electrons. The average Bonchev–Trinajstić information content (AvgIpc) is 3.14. The van der Waals surface area contributed by atoms with Gasteiger partial charge in [0.25, 0.3) is 0 Å². The lowest BCUT2D eigenvalue weighted by Crippen LogP contribution is -2.30. The van der Waals surface area contributed by atoms with Crippen molar-refractivity contribution in [1.82, 2.24) is 0 Å². The van der Waals surface area contributed by atoms with E-state index in [4.69, 9.17) is 14.2 Å². The van der Waals surface area contributed by atoms with Crippen LogP contribution < -0.4 is 0 Å². The van der Waals surface area contributed by atoms with Gasteiger partial charge in [-0.05, 0) is 96.3 Å². The van der Waals surface area contributed by atoms with Crippen LogP contribution in [0.15, 0.2) is 72.9 Å². The van der Waals surface area contributed by atoms with Crippen molar-refractivity contribution in [2.45, 2.75) is 187 Å². The van der Waals surface area contributed by atoms with Gasteiger partial charge < -0.3 is 14.2 Å². The van der Waals surface area contributed by atoms with Crippen LogP contribution in [0.3, 0.4) is 0 Å². The summed E-state index contributed by atoms with van der Waals surface area (Å²) in [5.74, 6) is -1.03. The molecule has 0 N–H and O–H groups in total. The average molecular weight is 725 g/mol. The van der Waals surface area contributed by atoms with Gasteiger partial charge in [0.1, 0.15) is 13.2 Å². The van der Waals surface area contributed by atoms with Crippen LogP contribution in [0.25, 0.3) is 0 Å². The summed E-state index contributed by atoms with van der Waals surface area (Å²) in [7, 11) is 0. The fraction of sp³-hybridized carbons (Fsp3) is 0.674. The first-order chi connectivity index (χ1) is 25.5. The number of carbonyl (C=O) groups is 3. The van der Waals surface area contributed by atoms with E-state index in [0.717, 1.165) is 89.9 Å². The zero-order valence-electron chi connectivity index (χ0n) is 33.5. The summed E-state index contributed by atoms with van der Waals surface area (Å²) in [6, 6.07) is 0. The molecule has 0 bridgehead atoms. The molecule has 0 saturated carbocycles. The van der Waals surface area contributed by atoms with Gasteiger partial charge in [-0.15, -0.1) is 0 Å². The molecule has 1 atom stereocenters. The van der Waals surface area contributed by atoms with Gasteiger partial charge in [-0.25, -0.2) is 0 Å². The number of ether oxygens (including phenoxy) is 3. The second-order valence-electron chi connectivity index (χ2n) is 13.5. The van der Waals surface area contributed by atoms with Gasteiger partial charge in [-0.1, -0.05) is 139 Å². The first kappa shape index (κ1) is 48.9. The monoisotopic (exact) mass is 725 g/mol. The molecule has 0 heterocycles. The fourth-order valence-electron chi connectivity index (χ4n) is 5.32. The van der Waals surface area contributed by atoms with Crippen LogP contribution in [0.4, 0.5) is 0 Å². The summed E-state index contributed by atoms with van der Waals surface area (Å²) in [5, 5.41) is 0. The maximum atomic E-state index is 12.6. The summed E-state index contributed by atoms with van der Waals surface area (Å²) >= 11 is 0. The van der Waals surface area contributed by atoms with Gasteiger partial charge in [0.05, 0.1) is 0 Å². The van der Waals surface area contributed by atoms with Gasteiger partial charge in [-0.2, -0.15) is 0 Å². The minimum Gasteiger partial charge on any atom is -0.462 e. The smallest absolute Gasteiger partial charge is 0.306 e. The van der Waals surface area contributed by atoms with E-state index in [9.17, 15) is 14.4 Å². The molecule has 0 aliphatic heterocycles. The quantitative estimate of drug-likeness (QED) is 0.0277. The molecule has 0 fully saturated rings. The zero-order valence-corrected chi connectivity index (χ0v) is 33.5. The van der Waals surface area contributed by atoms with E-state index < -0.39 is 6.10 Å². The minimum atomic E-state index is -0.816. The van der Waals surface area contributed by atoms with Crippen molar-refractivity contribution in [2.75, 3.05) is 13.2 Å². The number of allylic oxidation sites excluding steroid dienone is 12. The van der Waals surface area contributed by atoms with Crippen molar-refractivity contribution in [3.63, 3.8) is 0 Å². The van der Waals surface area contributed by atoms with Crippen molar-refractivity contribution in [2.24, 2.45) is 0 Å². The minimum absolute atomic E-state index is 0.115. The van der Waals surface area contributed by atoms with Crippen LogP contribution in [-0.4, -0.2) is 37.2 Å². The maximum Gasteiger partial charge on any atom is 0.306 e. The van der Waals surface area contributed by atoms with E-state index >= 15 is 0 Å². The molecule has 0 aromatic heterocycles.